The van der Waals surface area contributed by atoms with Crippen LogP contribution in [0.15, 0.2) is 45.5 Å². The summed E-state index contributed by atoms with van der Waals surface area (Å²) in [4.78, 5) is 28.2. The van der Waals surface area contributed by atoms with Crippen LogP contribution in [-0.4, -0.2) is 28.5 Å². The first-order chi connectivity index (χ1) is 14.0. The number of carbonyl (C=O) groups excluding carboxylic acids is 2. The van der Waals surface area contributed by atoms with Crippen molar-refractivity contribution >= 4 is 17.5 Å². The van der Waals surface area contributed by atoms with Crippen molar-refractivity contribution in [3.05, 3.63) is 53.6 Å². The summed E-state index contributed by atoms with van der Waals surface area (Å²) >= 11 is 0. The van der Waals surface area contributed by atoms with Crippen LogP contribution >= 0.6 is 0 Å². The first-order valence-electron chi connectivity index (χ1n) is 9.51. The lowest BCUT2D eigenvalue weighted by Gasteiger charge is -2.09. The van der Waals surface area contributed by atoms with Crippen molar-refractivity contribution in [1.29, 1.82) is 0 Å². The van der Waals surface area contributed by atoms with Gasteiger partial charge in [-0.05, 0) is 44.0 Å². The number of nitrogens with zero attached hydrogens (tertiary/aromatic N) is 2. The highest BCUT2D eigenvalue weighted by atomic mass is 16.5. The zero-order valence-electron chi connectivity index (χ0n) is 16.5. The Morgan fingerprint density at radius 1 is 1.10 bits per heavy atom. The van der Waals surface area contributed by atoms with Gasteiger partial charge in [-0.2, -0.15) is 4.98 Å². The molecule has 0 fully saturated rings. The van der Waals surface area contributed by atoms with Crippen molar-refractivity contribution in [2.45, 2.75) is 39.5 Å². The maximum absolute atomic E-state index is 12.0. The molecule has 0 aliphatic carbocycles. The summed E-state index contributed by atoms with van der Waals surface area (Å²) < 4.78 is 10.4. The molecule has 0 atom stereocenters. The zero-order valence-corrected chi connectivity index (χ0v) is 16.5. The second-order valence-corrected chi connectivity index (χ2v) is 6.81. The maximum atomic E-state index is 12.0. The highest BCUT2D eigenvalue weighted by Gasteiger charge is 2.11. The standard InChI is InChI=1S/C21H24N4O4/c1-14-8-9-16(15(2)13-14)23-19(27)10-11-22-18(26)6-3-7-20-24-21(25-29-20)17-5-4-12-28-17/h4-5,8-9,12-13H,3,6-7,10-11H2,1-2H3,(H,22,26)(H,23,27). The quantitative estimate of drug-likeness (QED) is 0.573. The van der Waals surface area contributed by atoms with Gasteiger partial charge in [-0.25, -0.2) is 0 Å². The van der Waals surface area contributed by atoms with Crippen LogP contribution in [0.1, 0.15) is 36.3 Å². The molecule has 2 amide bonds. The fraction of sp³-hybridized carbons (Fsp3) is 0.333. The van der Waals surface area contributed by atoms with Gasteiger partial charge in [-0.3, -0.25) is 9.59 Å². The minimum atomic E-state index is -0.131. The van der Waals surface area contributed by atoms with Crippen molar-refractivity contribution in [1.82, 2.24) is 15.5 Å². The number of aryl methyl sites for hydroxylation is 3. The summed E-state index contributed by atoms with van der Waals surface area (Å²) in [5.74, 6) is 1.14. The Bertz CT molecular complexity index is 963. The minimum absolute atomic E-state index is 0.116. The number of furan rings is 1. The van der Waals surface area contributed by atoms with Crippen LogP contribution in [0.2, 0.25) is 0 Å². The Morgan fingerprint density at radius 2 is 1.97 bits per heavy atom. The highest BCUT2D eigenvalue weighted by molar-refractivity contribution is 5.91. The first kappa shape index (κ1) is 20.3. The Labute approximate surface area is 168 Å². The van der Waals surface area contributed by atoms with Gasteiger partial charge in [0, 0.05) is 31.5 Å². The number of aromatic nitrogens is 2. The lowest BCUT2D eigenvalue weighted by Crippen LogP contribution is -2.27. The van der Waals surface area contributed by atoms with E-state index in [0.29, 0.717) is 43.3 Å². The third-order valence-electron chi connectivity index (χ3n) is 4.33. The molecule has 0 saturated carbocycles. The maximum Gasteiger partial charge on any atom is 0.238 e. The van der Waals surface area contributed by atoms with Crippen LogP contribution in [0.5, 0.6) is 0 Å². The van der Waals surface area contributed by atoms with Crippen LogP contribution < -0.4 is 10.6 Å². The summed E-state index contributed by atoms with van der Waals surface area (Å²) in [7, 11) is 0. The lowest BCUT2D eigenvalue weighted by molar-refractivity contribution is -0.121. The van der Waals surface area contributed by atoms with Gasteiger partial charge in [0.15, 0.2) is 5.76 Å². The van der Waals surface area contributed by atoms with E-state index in [9.17, 15) is 9.59 Å². The molecular weight excluding hydrogens is 372 g/mol. The SMILES string of the molecule is Cc1ccc(NC(=O)CCNC(=O)CCCc2nc(-c3ccco3)no2)c(C)c1. The van der Waals surface area contributed by atoms with E-state index in [4.69, 9.17) is 8.94 Å². The highest BCUT2D eigenvalue weighted by Crippen LogP contribution is 2.17. The summed E-state index contributed by atoms with van der Waals surface area (Å²) in [6.45, 7) is 4.24. The average molecular weight is 396 g/mol. The molecule has 2 N–H and O–H groups in total. The topological polar surface area (TPSA) is 110 Å². The van der Waals surface area contributed by atoms with E-state index in [1.165, 1.54) is 6.26 Å². The number of nitrogens with one attached hydrogen (secondary N) is 2. The van der Waals surface area contributed by atoms with Crippen LogP contribution in [-0.2, 0) is 16.0 Å². The fourth-order valence-corrected chi connectivity index (χ4v) is 2.83. The van der Waals surface area contributed by atoms with Gasteiger partial charge in [0.05, 0.1) is 6.26 Å². The number of rotatable bonds is 9. The van der Waals surface area contributed by atoms with Gasteiger partial charge in [0.25, 0.3) is 0 Å². The smallest absolute Gasteiger partial charge is 0.238 e. The van der Waals surface area contributed by atoms with Crippen molar-refractivity contribution in [3.63, 3.8) is 0 Å². The molecule has 0 bridgehead atoms. The van der Waals surface area contributed by atoms with Gasteiger partial charge in [-0.15, -0.1) is 0 Å². The van der Waals surface area contributed by atoms with Gasteiger partial charge < -0.3 is 19.6 Å². The molecular formula is C21H24N4O4. The molecule has 8 nitrogen and oxygen atoms in total. The third-order valence-corrected chi connectivity index (χ3v) is 4.33. The molecule has 1 aromatic carbocycles. The Hall–Kier alpha value is -3.42. The summed E-state index contributed by atoms with van der Waals surface area (Å²) in [6, 6.07) is 9.34. The molecule has 3 aromatic rings. The van der Waals surface area contributed by atoms with E-state index in [1.807, 2.05) is 32.0 Å². The van der Waals surface area contributed by atoms with Gasteiger partial charge in [-0.1, -0.05) is 22.9 Å². The largest absolute Gasteiger partial charge is 0.461 e. The first-order valence-corrected chi connectivity index (χ1v) is 9.51. The predicted octanol–water partition coefficient (Wildman–Crippen LogP) is 3.41. The van der Waals surface area contributed by atoms with Crippen LogP contribution in [0.25, 0.3) is 11.6 Å². The molecule has 0 radical (unpaired) electrons. The van der Waals surface area contributed by atoms with Crippen molar-refractivity contribution in [3.8, 4) is 11.6 Å². The van der Waals surface area contributed by atoms with E-state index in [-0.39, 0.29) is 18.2 Å². The monoisotopic (exact) mass is 396 g/mol. The number of carbonyl (C=O) groups is 2. The lowest BCUT2D eigenvalue weighted by atomic mass is 10.1. The van der Waals surface area contributed by atoms with Crippen molar-refractivity contribution in [2.24, 2.45) is 0 Å². The summed E-state index contributed by atoms with van der Waals surface area (Å²) in [5, 5.41) is 9.47. The number of hydrogen-bond donors (Lipinski definition) is 2. The molecule has 0 saturated heterocycles. The number of hydrogen-bond acceptors (Lipinski definition) is 6. The molecule has 0 aliphatic heterocycles. The molecule has 0 spiro atoms. The Kier molecular flexibility index (Phi) is 6.78. The average Bonchev–Trinajstić information content (AvgIpc) is 3.35. The number of benzene rings is 1. The third kappa shape index (κ3) is 6.03. The zero-order chi connectivity index (χ0) is 20.6. The van der Waals surface area contributed by atoms with Crippen LogP contribution in [0.4, 0.5) is 5.69 Å². The minimum Gasteiger partial charge on any atom is -0.461 e. The van der Waals surface area contributed by atoms with E-state index in [0.717, 1.165) is 16.8 Å². The van der Waals surface area contributed by atoms with Gasteiger partial charge >= 0.3 is 0 Å². The Morgan fingerprint density at radius 3 is 2.72 bits per heavy atom. The summed E-state index contributed by atoms with van der Waals surface area (Å²) in [6.07, 6.45) is 3.14. The predicted molar refractivity (Wildman–Crippen MR) is 107 cm³/mol. The normalized spacial score (nSPS) is 10.7. The molecule has 0 aliphatic rings. The Balaban J connectivity index is 1.32. The van der Waals surface area contributed by atoms with Gasteiger partial charge in [0.2, 0.25) is 23.5 Å². The van der Waals surface area contributed by atoms with Gasteiger partial charge in [0.1, 0.15) is 0 Å². The van der Waals surface area contributed by atoms with E-state index in [2.05, 4.69) is 20.8 Å². The van der Waals surface area contributed by atoms with Crippen molar-refractivity contribution in [2.75, 3.05) is 11.9 Å². The number of anilines is 1. The molecule has 3 rings (SSSR count). The fourth-order valence-electron chi connectivity index (χ4n) is 2.83. The van der Waals surface area contributed by atoms with Crippen LogP contribution in [0, 0.1) is 13.8 Å². The molecule has 8 heteroatoms. The molecule has 2 aromatic heterocycles. The van der Waals surface area contributed by atoms with E-state index >= 15 is 0 Å². The summed E-state index contributed by atoms with van der Waals surface area (Å²) in [5.41, 5.74) is 2.95. The molecule has 2 heterocycles. The second kappa shape index (κ2) is 9.68. The molecule has 29 heavy (non-hydrogen) atoms. The molecule has 152 valence electrons. The van der Waals surface area contributed by atoms with E-state index in [1.54, 1.807) is 12.1 Å². The second-order valence-electron chi connectivity index (χ2n) is 6.81. The van der Waals surface area contributed by atoms with Crippen molar-refractivity contribution < 1.29 is 18.5 Å². The number of amides is 2. The van der Waals surface area contributed by atoms with E-state index < -0.39 is 0 Å². The molecule has 0 unspecified atom stereocenters. The van der Waals surface area contributed by atoms with Crippen LogP contribution in [0.3, 0.4) is 0 Å².